The minimum atomic E-state index is -4.51. The molecule has 0 saturated heterocycles. The van der Waals surface area contributed by atoms with Gasteiger partial charge in [0.25, 0.3) is 0 Å². The lowest BCUT2D eigenvalue weighted by molar-refractivity contribution is -0.0811. The van der Waals surface area contributed by atoms with Crippen molar-refractivity contribution in [3.8, 4) is 0 Å². The van der Waals surface area contributed by atoms with Gasteiger partial charge in [-0.3, -0.25) is 0 Å². The average molecular weight is 210 g/mol. The maximum absolute atomic E-state index is 10.7. The van der Waals surface area contributed by atoms with Crippen molar-refractivity contribution in [3.63, 3.8) is 0 Å². The molecule has 0 fully saturated rings. The molecule has 0 amide bonds. The topological polar surface area (TPSA) is 0 Å². The first-order valence-electron chi connectivity index (χ1n) is 2.67. The zero-order valence-corrected chi connectivity index (χ0v) is 6.08. The highest BCUT2D eigenvalue weighted by molar-refractivity contribution is 4.80. The third-order valence-electron chi connectivity index (χ3n) is 0.483. The highest BCUT2D eigenvalue weighted by atomic mass is 19.4. The molecule has 0 aliphatic heterocycles. The SMILES string of the molecule is C=CC(F)(F)F.F/C=C\C(F)(F)F. The van der Waals surface area contributed by atoms with Gasteiger partial charge in [0.1, 0.15) is 0 Å². The van der Waals surface area contributed by atoms with E-state index in [1.165, 1.54) is 0 Å². The highest BCUT2D eigenvalue weighted by Crippen LogP contribution is 2.15. The van der Waals surface area contributed by atoms with Crippen LogP contribution in [0.1, 0.15) is 0 Å². The molecule has 0 saturated carbocycles. The smallest absolute Gasteiger partial charge is 0.216 e. The van der Waals surface area contributed by atoms with Crippen LogP contribution in [0.3, 0.4) is 0 Å². The van der Waals surface area contributed by atoms with Crippen molar-refractivity contribution in [1.82, 2.24) is 0 Å². The van der Waals surface area contributed by atoms with Crippen LogP contribution in [-0.2, 0) is 0 Å². The lowest BCUT2D eigenvalue weighted by Crippen LogP contribution is -1.99. The van der Waals surface area contributed by atoms with Crippen LogP contribution < -0.4 is 0 Å². The van der Waals surface area contributed by atoms with Gasteiger partial charge >= 0.3 is 12.4 Å². The number of hydrogen-bond acceptors (Lipinski definition) is 0. The monoisotopic (exact) mass is 210 g/mol. The molecule has 0 aromatic carbocycles. The van der Waals surface area contributed by atoms with E-state index in [0.29, 0.717) is 0 Å². The molecule has 0 spiro atoms. The molecule has 0 heterocycles. The predicted molar refractivity (Wildman–Crippen MR) is 32.6 cm³/mol. The Bertz CT molecular complexity index is 161. The van der Waals surface area contributed by atoms with Gasteiger partial charge < -0.3 is 0 Å². The fraction of sp³-hybridized carbons (Fsp3) is 0.333. The summed E-state index contributed by atoms with van der Waals surface area (Å²) >= 11 is 0. The van der Waals surface area contributed by atoms with Crippen molar-refractivity contribution in [2.45, 2.75) is 12.4 Å². The molecular formula is C6H5F7. The van der Waals surface area contributed by atoms with Gasteiger partial charge in [-0.15, -0.1) is 0 Å². The number of hydrogen-bond donors (Lipinski definition) is 0. The van der Waals surface area contributed by atoms with Gasteiger partial charge in [-0.1, -0.05) is 6.58 Å². The molecule has 0 radical (unpaired) electrons. The van der Waals surface area contributed by atoms with E-state index in [1.54, 1.807) is 0 Å². The Hall–Kier alpha value is -1.01. The van der Waals surface area contributed by atoms with Gasteiger partial charge in [0.2, 0.25) is 0 Å². The van der Waals surface area contributed by atoms with Gasteiger partial charge in [0, 0.05) is 12.2 Å². The second kappa shape index (κ2) is 5.60. The molecule has 0 nitrogen and oxygen atoms in total. The number of halogens is 7. The van der Waals surface area contributed by atoms with E-state index >= 15 is 0 Å². The summed E-state index contributed by atoms with van der Waals surface area (Å²) in [6.45, 7) is 2.51. The fourth-order valence-electron chi connectivity index (χ4n) is 0.0714. The summed E-state index contributed by atoms with van der Waals surface area (Å²) in [7, 11) is 0. The lowest BCUT2D eigenvalue weighted by atomic mass is 10.6. The van der Waals surface area contributed by atoms with E-state index in [-0.39, 0.29) is 6.08 Å². The van der Waals surface area contributed by atoms with Crippen LogP contribution in [0.4, 0.5) is 30.7 Å². The minimum Gasteiger partial charge on any atom is -0.216 e. The number of alkyl halides is 6. The molecular weight excluding hydrogens is 205 g/mol. The maximum atomic E-state index is 10.7. The van der Waals surface area contributed by atoms with Crippen LogP contribution >= 0.6 is 0 Å². The predicted octanol–water partition coefficient (Wildman–Crippen LogP) is 3.77. The highest BCUT2D eigenvalue weighted by Gasteiger charge is 2.21. The molecule has 7 heteroatoms. The van der Waals surface area contributed by atoms with Crippen molar-refractivity contribution < 1.29 is 30.7 Å². The summed E-state index contributed by atoms with van der Waals surface area (Å²) in [5, 5.41) is 0. The summed E-state index contributed by atoms with van der Waals surface area (Å²) < 4.78 is 74.8. The van der Waals surface area contributed by atoms with E-state index in [2.05, 4.69) is 6.58 Å². The molecule has 0 aromatic heterocycles. The summed E-state index contributed by atoms with van der Waals surface area (Å²) in [6, 6.07) is 0. The van der Waals surface area contributed by atoms with Crippen molar-refractivity contribution in [2.75, 3.05) is 0 Å². The third kappa shape index (κ3) is 24.8. The van der Waals surface area contributed by atoms with E-state index in [4.69, 9.17) is 0 Å². The molecule has 78 valence electrons. The van der Waals surface area contributed by atoms with Crippen molar-refractivity contribution in [2.24, 2.45) is 0 Å². The first-order valence-corrected chi connectivity index (χ1v) is 2.67. The normalized spacial score (nSPS) is 12.2. The van der Waals surface area contributed by atoms with Gasteiger partial charge in [-0.2, -0.15) is 26.3 Å². The van der Waals surface area contributed by atoms with E-state index in [9.17, 15) is 30.7 Å². The maximum Gasteiger partial charge on any atom is 0.411 e. The van der Waals surface area contributed by atoms with E-state index < -0.39 is 24.8 Å². The van der Waals surface area contributed by atoms with Crippen LogP contribution in [0.25, 0.3) is 0 Å². The second-order valence-corrected chi connectivity index (χ2v) is 1.58. The summed E-state index contributed by atoms with van der Waals surface area (Å²) in [6.07, 6.45) is -9.78. The molecule has 0 bridgehead atoms. The van der Waals surface area contributed by atoms with Crippen molar-refractivity contribution in [3.05, 3.63) is 25.1 Å². The van der Waals surface area contributed by atoms with Crippen LogP contribution in [0.5, 0.6) is 0 Å². The van der Waals surface area contributed by atoms with Crippen molar-refractivity contribution in [1.29, 1.82) is 0 Å². The van der Waals surface area contributed by atoms with Crippen LogP contribution in [0, 0.1) is 0 Å². The zero-order chi connectivity index (χ0) is 11.1. The summed E-state index contributed by atoms with van der Waals surface area (Å²) in [4.78, 5) is 0. The van der Waals surface area contributed by atoms with E-state index in [0.717, 1.165) is 0 Å². The minimum absolute atomic E-state index is 0.0625. The Morgan fingerprint density at radius 2 is 1.15 bits per heavy atom. The van der Waals surface area contributed by atoms with Crippen LogP contribution in [0.2, 0.25) is 0 Å². The van der Waals surface area contributed by atoms with Gasteiger partial charge in [0.05, 0.1) is 6.33 Å². The molecule has 0 atom stereocenters. The van der Waals surface area contributed by atoms with Crippen LogP contribution in [-0.4, -0.2) is 12.4 Å². The Morgan fingerprint density at radius 3 is 1.15 bits per heavy atom. The van der Waals surface area contributed by atoms with E-state index in [1.807, 2.05) is 0 Å². The first kappa shape index (κ1) is 14.5. The van der Waals surface area contributed by atoms with Gasteiger partial charge in [0.15, 0.2) is 0 Å². The Labute approximate surface area is 69.3 Å². The van der Waals surface area contributed by atoms with Crippen LogP contribution in [0.15, 0.2) is 25.1 Å². The summed E-state index contributed by atoms with van der Waals surface area (Å²) in [5.74, 6) is 0. The molecule has 0 unspecified atom stereocenters. The number of allylic oxidation sites excluding steroid dienone is 2. The fourth-order valence-corrected chi connectivity index (χ4v) is 0.0714. The molecule has 0 aliphatic rings. The van der Waals surface area contributed by atoms with Crippen molar-refractivity contribution >= 4 is 0 Å². The quantitative estimate of drug-likeness (QED) is 0.421. The Kier molecular flexibility index (Phi) is 6.26. The molecule has 0 rings (SSSR count). The molecule has 0 aromatic rings. The Balaban J connectivity index is 0. The van der Waals surface area contributed by atoms with Gasteiger partial charge in [-0.05, 0) is 0 Å². The summed E-state index contributed by atoms with van der Waals surface area (Å²) in [5.41, 5.74) is 0. The number of rotatable bonds is 0. The van der Waals surface area contributed by atoms with Gasteiger partial charge in [-0.25, -0.2) is 4.39 Å². The standard InChI is InChI=1S/C3H2F4.C3H3F3/c4-2-1-3(5,6)7;1-2-3(4,5)6/h1-2H;2H,1H2/b2-1-;. The zero-order valence-electron chi connectivity index (χ0n) is 6.08. The Morgan fingerprint density at radius 1 is 0.846 bits per heavy atom. The molecule has 0 aliphatic carbocycles. The lowest BCUT2D eigenvalue weighted by Gasteiger charge is -1.92. The molecule has 13 heavy (non-hydrogen) atoms. The third-order valence-corrected chi connectivity index (χ3v) is 0.483. The average Bonchev–Trinajstić information content (AvgIpc) is 1.84. The second-order valence-electron chi connectivity index (χ2n) is 1.58. The molecule has 0 N–H and O–H groups in total. The largest absolute Gasteiger partial charge is 0.411 e. The first-order chi connectivity index (χ1) is 5.62.